The second-order valence-corrected chi connectivity index (χ2v) is 5.93. The Labute approximate surface area is 166 Å². The second-order valence-electron chi connectivity index (χ2n) is 5.93. The van der Waals surface area contributed by atoms with Gasteiger partial charge in [0, 0.05) is 24.7 Å². The maximum atomic E-state index is 12.2. The first-order valence-corrected chi connectivity index (χ1v) is 8.87. The third kappa shape index (κ3) is 5.25. The van der Waals surface area contributed by atoms with Gasteiger partial charge in [-0.3, -0.25) is 19.3 Å². The van der Waals surface area contributed by atoms with Gasteiger partial charge in [-0.05, 0) is 36.8 Å². The Morgan fingerprint density at radius 3 is 2.48 bits per heavy atom. The zero-order valence-corrected chi connectivity index (χ0v) is 15.7. The average Bonchev–Trinajstić information content (AvgIpc) is 3.16. The highest BCUT2D eigenvalue weighted by atomic mass is 16.5. The lowest BCUT2D eigenvalue weighted by atomic mass is 10.2. The number of amides is 2. The summed E-state index contributed by atoms with van der Waals surface area (Å²) in [6.45, 7) is 2.38. The van der Waals surface area contributed by atoms with E-state index in [1.165, 1.54) is 12.1 Å². The van der Waals surface area contributed by atoms with E-state index in [1.54, 1.807) is 48.4 Å². The molecule has 0 aliphatic carbocycles. The molecule has 148 valence electrons. The molecule has 0 radical (unpaired) electrons. The average molecular weight is 393 g/mol. The SMILES string of the molecule is CCOC(=O)c1ccccc1NC(=O)C(=O)Nc1ccn(Cc2ccncc2)n1. The molecule has 0 unspecified atom stereocenters. The maximum Gasteiger partial charge on any atom is 0.340 e. The number of rotatable bonds is 6. The van der Waals surface area contributed by atoms with Gasteiger partial charge in [-0.1, -0.05) is 12.1 Å². The van der Waals surface area contributed by atoms with Gasteiger partial charge in [-0.15, -0.1) is 0 Å². The lowest BCUT2D eigenvalue weighted by molar-refractivity contribution is -0.133. The van der Waals surface area contributed by atoms with Crippen LogP contribution in [0.4, 0.5) is 11.5 Å². The molecule has 0 saturated carbocycles. The minimum atomic E-state index is -0.926. The zero-order chi connectivity index (χ0) is 20.6. The molecule has 9 nitrogen and oxygen atoms in total. The maximum absolute atomic E-state index is 12.2. The molecular formula is C20H19N5O4. The summed E-state index contributed by atoms with van der Waals surface area (Å²) in [5, 5.41) is 9.07. The number of ether oxygens (including phenoxy) is 1. The van der Waals surface area contributed by atoms with E-state index in [1.807, 2.05) is 12.1 Å². The number of hydrogen-bond donors (Lipinski definition) is 2. The first kappa shape index (κ1) is 19.7. The summed E-state index contributed by atoms with van der Waals surface area (Å²) in [5.74, 6) is -2.18. The van der Waals surface area contributed by atoms with Crippen LogP contribution in [0.25, 0.3) is 0 Å². The van der Waals surface area contributed by atoms with Crippen LogP contribution in [0.2, 0.25) is 0 Å². The molecule has 0 spiro atoms. The van der Waals surface area contributed by atoms with E-state index in [4.69, 9.17) is 4.74 Å². The van der Waals surface area contributed by atoms with Crippen LogP contribution >= 0.6 is 0 Å². The zero-order valence-electron chi connectivity index (χ0n) is 15.7. The van der Waals surface area contributed by atoms with Crippen molar-refractivity contribution in [1.82, 2.24) is 14.8 Å². The van der Waals surface area contributed by atoms with Crippen molar-refractivity contribution >= 4 is 29.3 Å². The standard InChI is InChI=1S/C20H19N5O4/c1-2-29-20(28)15-5-3-4-6-16(15)22-18(26)19(27)23-17-9-12-25(24-17)13-14-7-10-21-11-8-14/h3-12H,2,13H2,1H3,(H,22,26)(H,23,24,27). The number of hydrogen-bond acceptors (Lipinski definition) is 6. The monoisotopic (exact) mass is 393 g/mol. The number of para-hydroxylation sites is 1. The van der Waals surface area contributed by atoms with E-state index in [2.05, 4.69) is 20.7 Å². The molecule has 0 atom stereocenters. The number of aromatic nitrogens is 3. The number of benzene rings is 1. The lowest BCUT2D eigenvalue weighted by Gasteiger charge is -2.09. The van der Waals surface area contributed by atoms with Gasteiger partial charge in [0.1, 0.15) is 0 Å². The topological polar surface area (TPSA) is 115 Å². The van der Waals surface area contributed by atoms with Crippen LogP contribution in [0.1, 0.15) is 22.8 Å². The molecule has 9 heteroatoms. The Morgan fingerprint density at radius 2 is 1.72 bits per heavy atom. The van der Waals surface area contributed by atoms with Crippen molar-refractivity contribution in [1.29, 1.82) is 0 Å². The Hall–Kier alpha value is -4.01. The van der Waals surface area contributed by atoms with Crippen LogP contribution < -0.4 is 10.6 Å². The molecule has 1 aromatic carbocycles. The van der Waals surface area contributed by atoms with Crippen molar-refractivity contribution in [3.8, 4) is 0 Å². The molecule has 2 heterocycles. The van der Waals surface area contributed by atoms with Gasteiger partial charge in [0.05, 0.1) is 24.4 Å². The fraction of sp³-hybridized carbons (Fsp3) is 0.150. The highest BCUT2D eigenvalue weighted by Crippen LogP contribution is 2.16. The van der Waals surface area contributed by atoms with Gasteiger partial charge in [-0.2, -0.15) is 5.10 Å². The number of carbonyl (C=O) groups is 3. The number of nitrogens with one attached hydrogen (secondary N) is 2. The van der Waals surface area contributed by atoms with E-state index in [-0.39, 0.29) is 23.7 Å². The van der Waals surface area contributed by atoms with Crippen molar-refractivity contribution in [2.75, 3.05) is 17.2 Å². The highest BCUT2D eigenvalue weighted by molar-refractivity contribution is 6.43. The minimum absolute atomic E-state index is 0.164. The quantitative estimate of drug-likeness (QED) is 0.489. The number of anilines is 2. The summed E-state index contributed by atoms with van der Waals surface area (Å²) in [7, 11) is 0. The van der Waals surface area contributed by atoms with Gasteiger partial charge >= 0.3 is 17.8 Å². The first-order valence-electron chi connectivity index (χ1n) is 8.87. The van der Waals surface area contributed by atoms with Crippen LogP contribution in [0, 0.1) is 0 Å². The summed E-state index contributed by atoms with van der Waals surface area (Å²) in [6.07, 6.45) is 5.05. The molecule has 0 aliphatic heterocycles. The lowest BCUT2D eigenvalue weighted by Crippen LogP contribution is -2.30. The first-order chi connectivity index (χ1) is 14.1. The van der Waals surface area contributed by atoms with Crippen LogP contribution in [0.3, 0.4) is 0 Å². The Morgan fingerprint density at radius 1 is 1.00 bits per heavy atom. The third-order valence-electron chi connectivity index (χ3n) is 3.85. The van der Waals surface area contributed by atoms with Gasteiger partial charge < -0.3 is 15.4 Å². The predicted molar refractivity (Wildman–Crippen MR) is 105 cm³/mol. The number of pyridine rings is 1. The largest absolute Gasteiger partial charge is 0.462 e. The molecule has 0 aliphatic rings. The molecule has 0 fully saturated rings. The highest BCUT2D eigenvalue weighted by Gasteiger charge is 2.19. The summed E-state index contributed by atoms with van der Waals surface area (Å²) in [4.78, 5) is 40.3. The van der Waals surface area contributed by atoms with Crippen LogP contribution in [0.5, 0.6) is 0 Å². The number of carbonyl (C=O) groups excluding carboxylic acids is 3. The Balaban J connectivity index is 1.62. The van der Waals surface area contributed by atoms with Crippen molar-refractivity contribution in [2.45, 2.75) is 13.5 Å². The molecule has 3 rings (SSSR count). The Kier molecular flexibility index (Phi) is 6.31. The summed E-state index contributed by atoms with van der Waals surface area (Å²) in [6, 6.07) is 11.6. The third-order valence-corrected chi connectivity index (χ3v) is 3.85. The smallest absolute Gasteiger partial charge is 0.340 e. The summed E-state index contributed by atoms with van der Waals surface area (Å²) in [5.41, 5.74) is 1.35. The van der Waals surface area contributed by atoms with Crippen LogP contribution in [0.15, 0.2) is 61.1 Å². The van der Waals surface area contributed by atoms with Crippen LogP contribution in [-0.4, -0.2) is 39.2 Å². The molecule has 0 bridgehead atoms. The predicted octanol–water partition coefficient (Wildman–Crippen LogP) is 2.08. The van der Waals surface area contributed by atoms with Crippen molar-refractivity contribution in [3.05, 3.63) is 72.2 Å². The molecule has 29 heavy (non-hydrogen) atoms. The summed E-state index contributed by atoms with van der Waals surface area (Å²) >= 11 is 0. The summed E-state index contributed by atoms with van der Waals surface area (Å²) < 4.78 is 6.57. The Bertz CT molecular complexity index is 1020. The van der Waals surface area contributed by atoms with Crippen molar-refractivity contribution in [2.24, 2.45) is 0 Å². The molecule has 2 N–H and O–H groups in total. The van der Waals surface area contributed by atoms with Gasteiger partial charge in [0.15, 0.2) is 5.82 Å². The number of nitrogens with zero attached hydrogens (tertiary/aromatic N) is 3. The van der Waals surface area contributed by atoms with Gasteiger partial charge in [0.2, 0.25) is 0 Å². The molecule has 3 aromatic rings. The van der Waals surface area contributed by atoms with E-state index < -0.39 is 17.8 Å². The molecule has 2 amide bonds. The van der Waals surface area contributed by atoms with Gasteiger partial charge in [0.25, 0.3) is 0 Å². The van der Waals surface area contributed by atoms with Gasteiger partial charge in [-0.25, -0.2) is 4.79 Å². The molecular weight excluding hydrogens is 374 g/mol. The molecule has 0 saturated heterocycles. The normalized spacial score (nSPS) is 10.2. The van der Waals surface area contributed by atoms with E-state index in [0.29, 0.717) is 6.54 Å². The van der Waals surface area contributed by atoms with E-state index >= 15 is 0 Å². The van der Waals surface area contributed by atoms with Crippen molar-refractivity contribution < 1.29 is 19.1 Å². The second kappa shape index (κ2) is 9.27. The minimum Gasteiger partial charge on any atom is -0.462 e. The molecule has 2 aromatic heterocycles. The van der Waals surface area contributed by atoms with E-state index in [9.17, 15) is 14.4 Å². The van der Waals surface area contributed by atoms with Crippen LogP contribution in [-0.2, 0) is 20.9 Å². The van der Waals surface area contributed by atoms with E-state index in [0.717, 1.165) is 5.56 Å². The number of esters is 1. The fourth-order valence-electron chi connectivity index (χ4n) is 2.52. The fourth-order valence-corrected chi connectivity index (χ4v) is 2.52. The van der Waals surface area contributed by atoms with Crippen molar-refractivity contribution in [3.63, 3.8) is 0 Å².